The summed E-state index contributed by atoms with van der Waals surface area (Å²) in [4.78, 5) is 16.0. The molecule has 2 atom stereocenters. The van der Waals surface area contributed by atoms with E-state index in [2.05, 4.69) is 44.2 Å². The Morgan fingerprint density at radius 2 is 1.22 bits per heavy atom. The second-order valence-electron chi connectivity index (χ2n) is 7.91. The van der Waals surface area contributed by atoms with Gasteiger partial charge in [-0.1, -0.05) is 0 Å². The fraction of sp³-hybridized carbons (Fsp3) is 1.00. The van der Waals surface area contributed by atoms with Gasteiger partial charge in [-0.05, 0) is 52.4 Å². The normalized spacial score (nSPS) is 36.6. The van der Waals surface area contributed by atoms with Gasteiger partial charge in [0.1, 0.15) is 6.29 Å². The summed E-state index contributed by atoms with van der Waals surface area (Å²) >= 11 is 0. The summed E-state index contributed by atoms with van der Waals surface area (Å²) in [6.45, 7) is 10.1. The van der Waals surface area contributed by atoms with E-state index in [1.807, 2.05) is 0 Å². The third-order valence-electron chi connectivity index (χ3n) is 6.15. The summed E-state index contributed by atoms with van der Waals surface area (Å²) < 4.78 is 0. The van der Waals surface area contributed by atoms with Crippen LogP contribution in [0.3, 0.4) is 0 Å². The summed E-state index contributed by atoms with van der Waals surface area (Å²) in [5.41, 5.74) is 0. The quantitative estimate of drug-likeness (QED) is 0.569. The lowest BCUT2D eigenvalue weighted by molar-refractivity contribution is -0.0859. The Morgan fingerprint density at radius 1 is 0.696 bits per heavy atom. The first kappa shape index (κ1) is 16.4. The van der Waals surface area contributed by atoms with Gasteiger partial charge < -0.3 is 14.4 Å². The summed E-state index contributed by atoms with van der Waals surface area (Å²) in [6, 6.07) is 0. The number of rotatable bonds is 2. The Labute approximate surface area is 143 Å². The van der Waals surface area contributed by atoms with Gasteiger partial charge in [-0.3, -0.25) is 14.7 Å². The van der Waals surface area contributed by atoms with Crippen molar-refractivity contribution in [3.8, 4) is 0 Å². The minimum Gasteiger partial charge on any atom is -0.323 e. The van der Waals surface area contributed by atoms with Crippen molar-refractivity contribution < 1.29 is 0 Å². The lowest BCUT2D eigenvalue weighted by atomic mass is 9.96. The summed E-state index contributed by atoms with van der Waals surface area (Å²) in [5.74, 6) is 0. The van der Waals surface area contributed by atoms with Crippen molar-refractivity contribution in [3.63, 3.8) is 0 Å². The molecule has 0 N–H and O–H groups in total. The SMILES string of the molecule is BN1CCCN2CCCN(BN3CCCN4CCCN(C)C34)C12. The molecule has 4 saturated heterocycles. The summed E-state index contributed by atoms with van der Waals surface area (Å²) in [5, 5.41) is 0. The zero-order chi connectivity index (χ0) is 15.8. The average molecular weight is 318 g/mol. The van der Waals surface area contributed by atoms with Gasteiger partial charge in [0.25, 0.3) is 7.55 Å². The van der Waals surface area contributed by atoms with Crippen LogP contribution in [-0.2, 0) is 0 Å². The Kier molecular flexibility index (Phi) is 4.99. The third-order valence-corrected chi connectivity index (χ3v) is 6.15. The van der Waals surface area contributed by atoms with E-state index < -0.39 is 0 Å². The largest absolute Gasteiger partial charge is 0.323 e. The molecule has 0 radical (unpaired) electrons. The maximum atomic E-state index is 2.73. The molecule has 0 amide bonds. The lowest BCUT2D eigenvalue weighted by Gasteiger charge is -2.55. The Morgan fingerprint density at radius 3 is 1.91 bits per heavy atom. The van der Waals surface area contributed by atoms with Gasteiger partial charge >= 0.3 is 0 Å². The van der Waals surface area contributed by atoms with Crippen LogP contribution in [0.25, 0.3) is 0 Å². The van der Waals surface area contributed by atoms with Crippen LogP contribution in [-0.4, -0.2) is 117 Å². The molecule has 6 nitrogen and oxygen atoms in total. The van der Waals surface area contributed by atoms with Crippen LogP contribution in [0.15, 0.2) is 0 Å². The smallest absolute Gasteiger partial charge is 0.296 e. The molecule has 4 aliphatic heterocycles. The van der Waals surface area contributed by atoms with Crippen molar-refractivity contribution >= 4 is 15.5 Å². The van der Waals surface area contributed by atoms with Crippen molar-refractivity contribution in [2.45, 2.75) is 38.3 Å². The van der Waals surface area contributed by atoms with E-state index in [9.17, 15) is 0 Å². The van der Waals surface area contributed by atoms with E-state index in [1.165, 1.54) is 78.0 Å². The molecule has 0 aromatic rings. The standard InChI is InChI=1S/C15H32B2N6/c1-18-6-2-7-19-9-4-12-22(14(18)19)17-23-13-5-10-20-8-3-11-21(16)15(20)23/h14-15,17H,2-13,16H2,1H3. The van der Waals surface area contributed by atoms with E-state index in [-0.39, 0.29) is 0 Å². The zero-order valence-electron chi connectivity index (χ0n) is 15.0. The van der Waals surface area contributed by atoms with Gasteiger partial charge in [0.05, 0.1) is 6.29 Å². The summed E-state index contributed by atoms with van der Waals surface area (Å²) in [7, 11) is 5.74. The van der Waals surface area contributed by atoms with Gasteiger partial charge in [-0.15, -0.1) is 0 Å². The molecule has 0 aromatic carbocycles. The van der Waals surface area contributed by atoms with Crippen molar-refractivity contribution in [3.05, 3.63) is 0 Å². The monoisotopic (exact) mass is 318 g/mol. The van der Waals surface area contributed by atoms with Gasteiger partial charge in [-0.2, -0.15) is 0 Å². The third kappa shape index (κ3) is 3.22. The van der Waals surface area contributed by atoms with Gasteiger partial charge in [0, 0.05) is 32.7 Å². The highest BCUT2D eigenvalue weighted by Gasteiger charge is 2.40. The van der Waals surface area contributed by atoms with E-state index in [0.29, 0.717) is 12.6 Å². The number of fused-ring (bicyclic) bond motifs is 2. The van der Waals surface area contributed by atoms with Crippen LogP contribution in [0, 0.1) is 0 Å². The highest BCUT2D eigenvalue weighted by Crippen LogP contribution is 2.24. The highest BCUT2D eigenvalue weighted by molar-refractivity contribution is 6.28. The number of hydrogen-bond acceptors (Lipinski definition) is 6. The average Bonchev–Trinajstić information content (AvgIpc) is 2.55. The zero-order valence-corrected chi connectivity index (χ0v) is 15.0. The first-order valence-corrected chi connectivity index (χ1v) is 9.61. The first-order valence-electron chi connectivity index (χ1n) is 9.61. The second kappa shape index (κ2) is 7.02. The van der Waals surface area contributed by atoms with Crippen LogP contribution >= 0.6 is 0 Å². The molecule has 0 saturated carbocycles. The van der Waals surface area contributed by atoms with Crippen LogP contribution < -0.4 is 0 Å². The molecule has 2 unspecified atom stereocenters. The second-order valence-corrected chi connectivity index (χ2v) is 7.91. The van der Waals surface area contributed by atoms with E-state index >= 15 is 0 Å². The Hall–Kier alpha value is -0.110. The number of hydrogen-bond donors (Lipinski definition) is 0. The molecule has 0 spiro atoms. The molecule has 0 bridgehead atoms. The number of nitrogens with zero attached hydrogens (tertiary/aromatic N) is 6. The van der Waals surface area contributed by atoms with Crippen molar-refractivity contribution in [1.82, 2.24) is 29.1 Å². The van der Waals surface area contributed by atoms with Gasteiger partial charge in [0.2, 0.25) is 0 Å². The molecule has 8 heteroatoms. The van der Waals surface area contributed by atoms with E-state index in [1.54, 1.807) is 0 Å². The predicted octanol–water partition coefficient (Wildman–Crippen LogP) is -1.58. The Balaban J connectivity index is 1.47. The fourth-order valence-electron chi connectivity index (χ4n) is 5.25. The summed E-state index contributed by atoms with van der Waals surface area (Å²) in [6.07, 6.45) is 6.35. The molecule has 0 aromatic heterocycles. The van der Waals surface area contributed by atoms with Gasteiger partial charge in [0.15, 0.2) is 7.98 Å². The lowest BCUT2D eigenvalue weighted by Crippen LogP contribution is -2.71. The van der Waals surface area contributed by atoms with E-state index in [4.69, 9.17) is 0 Å². The molecule has 0 aliphatic carbocycles. The van der Waals surface area contributed by atoms with Crippen molar-refractivity contribution in [2.75, 3.05) is 59.4 Å². The van der Waals surface area contributed by atoms with Crippen LogP contribution in [0.5, 0.6) is 0 Å². The van der Waals surface area contributed by atoms with E-state index in [0.717, 1.165) is 7.55 Å². The molecule has 4 aliphatic rings. The molecular weight excluding hydrogens is 286 g/mol. The van der Waals surface area contributed by atoms with Crippen LogP contribution in [0.1, 0.15) is 25.7 Å². The molecule has 128 valence electrons. The van der Waals surface area contributed by atoms with Gasteiger partial charge in [-0.25, -0.2) is 0 Å². The highest BCUT2D eigenvalue weighted by atomic mass is 15.6. The minimum atomic E-state index is 0.529. The topological polar surface area (TPSA) is 19.4 Å². The fourth-order valence-corrected chi connectivity index (χ4v) is 5.25. The molecule has 4 rings (SSSR count). The van der Waals surface area contributed by atoms with Crippen LogP contribution in [0.4, 0.5) is 0 Å². The molecule has 4 fully saturated rings. The first-order chi connectivity index (χ1) is 11.2. The minimum absolute atomic E-state index is 0.529. The molecule has 4 heterocycles. The molecular formula is C15H32B2N6. The Bertz CT molecular complexity index is 373. The van der Waals surface area contributed by atoms with Crippen molar-refractivity contribution in [2.24, 2.45) is 0 Å². The molecule has 23 heavy (non-hydrogen) atoms. The van der Waals surface area contributed by atoms with Crippen molar-refractivity contribution in [1.29, 1.82) is 0 Å². The maximum absolute atomic E-state index is 2.73. The predicted molar refractivity (Wildman–Crippen MR) is 97.6 cm³/mol. The van der Waals surface area contributed by atoms with Crippen LogP contribution in [0.2, 0.25) is 0 Å². The maximum Gasteiger partial charge on any atom is 0.296 e.